The van der Waals surface area contributed by atoms with Crippen LogP contribution in [0.15, 0.2) is 0 Å². The first-order valence-electron chi connectivity index (χ1n) is 0.933. The third-order valence-corrected chi connectivity index (χ3v) is 0.354. The fourth-order valence-corrected chi connectivity index (χ4v) is 0. The summed E-state index contributed by atoms with van der Waals surface area (Å²) in [4.78, 5) is 0. The van der Waals surface area contributed by atoms with E-state index < -0.39 is 0 Å². The van der Waals surface area contributed by atoms with E-state index in [4.69, 9.17) is 0 Å². The van der Waals surface area contributed by atoms with E-state index in [1.165, 1.54) is 6.82 Å². The van der Waals surface area contributed by atoms with Crippen molar-refractivity contribution in [2.45, 2.75) is 0 Å². The minimum atomic E-state index is 1.43. The Balaban J connectivity index is 2.30. The summed E-state index contributed by atoms with van der Waals surface area (Å²) in [5.41, 5.74) is 0. The second kappa shape index (κ2) is 3.32. The van der Waals surface area contributed by atoms with Crippen LogP contribution in [0.1, 0.15) is 0 Å². The van der Waals surface area contributed by atoms with Crippen molar-refractivity contribution >= 4 is 15.6 Å². The molecule has 0 N–H and O–H groups in total. The van der Waals surface area contributed by atoms with Crippen molar-refractivity contribution in [3.05, 3.63) is 0 Å². The summed E-state index contributed by atoms with van der Waals surface area (Å²) in [5.74, 6) is 0. The molecule has 0 saturated heterocycles. The summed E-state index contributed by atoms with van der Waals surface area (Å²) in [6, 6.07) is 0. The molecule has 0 rings (SSSR count). The molecule has 0 aromatic heterocycles. The van der Waals surface area contributed by atoms with Crippen LogP contribution in [0.25, 0.3) is 0 Å². The first-order chi connectivity index (χ1) is 1.91. The number of rotatable bonds is 1. The van der Waals surface area contributed by atoms with Crippen molar-refractivity contribution in [2.75, 3.05) is 7.11 Å². The SMILES string of the molecule is COB=P. The van der Waals surface area contributed by atoms with E-state index in [0.29, 0.717) is 0 Å². The predicted octanol–water partition coefficient (Wildman–Crippen LogP) is 0.310. The van der Waals surface area contributed by atoms with Gasteiger partial charge in [0.05, 0.1) is 0 Å². The predicted molar refractivity (Wildman–Crippen MR) is 21.1 cm³/mol. The molecule has 0 fully saturated rings. The van der Waals surface area contributed by atoms with Crippen LogP contribution in [0.4, 0.5) is 0 Å². The molecule has 0 aliphatic rings. The van der Waals surface area contributed by atoms with Crippen molar-refractivity contribution in [2.24, 2.45) is 0 Å². The maximum absolute atomic E-state index is 4.33. The van der Waals surface area contributed by atoms with Crippen molar-refractivity contribution in [3.63, 3.8) is 0 Å². The van der Waals surface area contributed by atoms with E-state index in [-0.39, 0.29) is 0 Å². The monoisotopic (exact) mass is 74.0 g/mol. The Morgan fingerprint density at radius 2 is 2.25 bits per heavy atom. The summed E-state index contributed by atoms with van der Waals surface area (Å²) in [7, 11) is 4.52. The van der Waals surface area contributed by atoms with Crippen molar-refractivity contribution in [1.29, 1.82) is 0 Å². The summed E-state index contributed by atoms with van der Waals surface area (Å²) in [6.07, 6.45) is 0. The summed E-state index contributed by atoms with van der Waals surface area (Å²) in [5, 5.41) is 0. The third-order valence-electron chi connectivity index (χ3n) is 0.118. The molecule has 0 atom stereocenters. The quantitative estimate of drug-likeness (QED) is 0.321. The Bertz CT molecular complexity index is 22.0. The van der Waals surface area contributed by atoms with Crippen LogP contribution >= 0.6 is 8.73 Å². The minimum absolute atomic E-state index is 1.43. The van der Waals surface area contributed by atoms with Gasteiger partial charge in [0.15, 0.2) is 0 Å². The molecule has 0 heterocycles. The van der Waals surface area contributed by atoms with E-state index in [2.05, 4.69) is 13.4 Å². The molecule has 0 aromatic rings. The molecule has 0 bridgehead atoms. The normalized spacial score (nSPS) is 5.25. The van der Waals surface area contributed by atoms with Crippen LogP contribution in [0.2, 0.25) is 0 Å². The van der Waals surface area contributed by atoms with E-state index in [0.717, 1.165) is 0 Å². The van der Waals surface area contributed by atoms with Gasteiger partial charge in [0.2, 0.25) is 0 Å². The molecule has 0 aliphatic heterocycles. The van der Waals surface area contributed by atoms with Gasteiger partial charge in [-0.25, -0.2) is 0 Å². The van der Waals surface area contributed by atoms with Gasteiger partial charge in [-0.15, -0.1) is 0 Å². The fraction of sp³-hybridized carbons (Fsp3) is 1.00. The third kappa shape index (κ3) is 2.32. The molecule has 0 aromatic carbocycles. The van der Waals surface area contributed by atoms with Crippen LogP contribution in [-0.4, -0.2) is 13.9 Å². The molecule has 0 radical (unpaired) electrons. The second-order valence-corrected chi connectivity index (χ2v) is 0.589. The van der Waals surface area contributed by atoms with Gasteiger partial charge in [-0.3, -0.25) is 0 Å². The molecule has 0 amide bonds. The molecule has 4 heavy (non-hydrogen) atoms. The van der Waals surface area contributed by atoms with Crippen LogP contribution in [0, 0.1) is 0 Å². The van der Waals surface area contributed by atoms with Crippen molar-refractivity contribution in [1.82, 2.24) is 0 Å². The Morgan fingerprint density at radius 1 is 2.00 bits per heavy atom. The number of hydrogen-bond donors (Lipinski definition) is 0. The van der Waals surface area contributed by atoms with E-state index in [9.17, 15) is 0 Å². The zero-order valence-electron chi connectivity index (χ0n) is 2.49. The molecule has 0 aliphatic carbocycles. The van der Waals surface area contributed by atoms with Gasteiger partial charge in [-0.05, 0) is 0 Å². The average Bonchev–Trinajstić information content (AvgIpc) is 1.37. The van der Waals surface area contributed by atoms with E-state index >= 15 is 0 Å². The van der Waals surface area contributed by atoms with Gasteiger partial charge < -0.3 is 0 Å². The number of hydrogen-bond acceptors (Lipinski definition) is 1. The van der Waals surface area contributed by atoms with Gasteiger partial charge >= 0.3 is 27.3 Å². The van der Waals surface area contributed by atoms with E-state index in [1.807, 2.05) is 0 Å². The standard InChI is InChI=1S/CH4BOP/c1-3-2-4/h4H,1H3. The van der Waals surface area contributed by atoms with Crippen LogP contribution in [-0.2, 0) is 4.65 Å². The van der Waals surface area contributed by atoms with Crippen molar-refractivity contribution < 1.29 is 4.65 Å². The summed E-state index contributed by atoms with van der Waals surface area (Å²) >= 11 is 0. The van der Waals surface area contributed by atoms with Gasteiger partial charge in [-0.2, -0.15) is 0 Å². The Morgan fingerprint density at radius 3 is 2.25 bits per heavy atom. The Hall–Kier alpha value is 0.325. The molecular weight excluding hydrogens is 69.8 g/mol. The van der Waals surface area contributed by atoms with E-state index in [1.54, 1.807) is 7.11 Å². The molecule has 0 saturated carbocycles. The second-order valence-electron chi connectivity index (χ2n) is 0.354. The molecule has 1 nitrogen and oxygen atoms in total. The molecule has 3 heteroatoms. The Labute approximate surface area is 28.4 Å². The van der Waals surface area contributed by atoms with Crippen molar-refractivity contribution in [3.8, 4) is 0 Å². The van der Waals surface area contributed by atoms with Crippen LogP contribution in [0.3, 0.4) is 0 Å². The first-order valence-corrected chi connectivity index (χ1v) is 1.51. The van der Waals surface area contributed by atoms with Gasteiger partial charge in [-0.1, -0.05) is 0 Å². The van der Waals surface area contributed by atoms with Gasteiger partial charge in [0.1, 0.15) is 0 Å². The molecular formula is CH4BOP. The van der Waals surface area contributed by atoms with Crippen LogP contribution in [0.5, 0.6) is 0 Å². The van der Waals surface area contributed by atoms with Gasteiger partial charge in [0, 0.05) is 0 Å². The zero-order valence-corrected chi connectivity index (χ0v) is 3.49. The molecule has 0 unspecified atom stereocenters. The first kappa shape index (κ1) is 4.32. The summed E-state index contributed by atoms with van der Waals surface area (Å²) < 4.78 is 4.33. The average molecular weight is 73.8 g/mol. The molecule has 0 spiro atoms. The fourth-order valence-electron chi connectivity index (χ4n) is 0. The van der Waals surface area contributed by atoms with Crippen LogP contribution < -0.4 is 0 Å². The topological polar surface area (TPSA) is 9.23 Å². The summed E-state index contributed by atoms with van der Waals surface area (Å²) in [6.45, 7) is 1.43. The zero-order chi connectivity index (χ0) is 3.41. The molecule has 22 valence electrons. The maximum atomic E-state index is 4.33. The Kier molecular flexibility index (Phi) is 3.60. The van der Waals surface area contributed by atoms with Gasteiger partial charge in [0.25, 0.3) is 0 Å².